The van der Waals surface area contributed by atoms with Gasteiger partial charge in [-0.3, -0.25) is 0 Å². The second-order valence-electron chi connectivity index (χ2n) is 9.26. The van der Waals surface area contributed by atoms with Crippen LogP contribution in [0.1, 0.15) is 18.7 Å². The van der Waals surface area contributed by atoms with Crippen molar-refractivity contribution in [3.05, 3.63) is 121 Å². The highest BCUT2D eigenvalue weighted by molar-refractivity contribution is 6.24. The molecule has 1 unspecified atom stereocenters. The van der Waals surface area contributed by atoms with Gasteiger partial charge < -0.3 is 4.74 Å². The van der Waals surface area contributed by atoms with E-state index < -0.39 is 0 Å². The number of rotatable bonds is 5. The largest absolute Gasteiger partial charge is 0.451 e. The lowest BCUT2D eigenvalue weighted by atomic mass is 9.94. The molecule has 3 heteroatoms. The molecule has 0 fully saturated rings. The third kappa shape index (κ3) is 3.23. The summed E-state index contributed by atoms with van der Waals surface area (Å²) in [4.78, 5) is 0. The molecule has 7 aromatic rings. The van der Waals surface area contributed by atoms with Gasteiger partial charge in [0.25, 0.3) is 0 Å². The highest BCUT2D eigenvalue weighted by Gasteiger charge is 2.22. The van der Waals surface area contributed by atoms with Crippen LogP contribution in [0.2, 0.25) is 0 Å². The quantitative estimate of drug-likeness (QED) is 0.195. The zero-order valence-corrected chi connectivity index (χ0v) is 19.6. The van der Waals surface area contributed by atoms with E-state index in [2.05, 4.69) is 132 Å². The molecule has 0 spiro atoms. The maximum atomic E-state index is 6.68. The van der Waals surface area contributed by atoms with Gasteiger partial charge in [-0.15, -0.1) is 0 Å². The summed E-state index contributed by atoms with van der Waals surface area (Å²) in [7, 11) is 0. The predicted octanol–water partition coefficient (Wildman–Crippen LogP) is 7.47. The lowest BCUT2D eigenvalue weighted by Gasteiger charge is -2.17. The van der Waals surface area contributed by atoms with Crippen molar-refractivity contribution in [3.63, 3.8) is 0 Å². The Hall–Kier alpha value is -4.37. The van der Waals surface area contributed by atoms with Crippen LogP contribution in [0.15, 0.2) is 116 Å². The van der Waals surface area contributed by atoms with Gasteiger partial charge in [-0.25, -0.2) is 4.57 Å². The standard InChI is InChI=1S/C32H25N2O/c1-22(34-21-33(20-23-8-3-2-4-9-23)28-12-5-6-13-29(28)34)35-30-19-17-26-15-14-24-10-7-11-25-16-18-27(30)32(26)31(24)25/h2-19,21-22H,20H2,1H3/q+1. The number of hydrogen-bond acceptors (Lipinski definition) is 1. The van der Waals surface area contributed by atoms with Crippen molar-refractivity contribution in [2.75, 3.05) is 0 Å². The van der Waals surface area contributed by atoms with E-state index in [9.17, 15) is 0 Å². The molecule has 0 saturated carbocycles. The zero-order chi connectivity index (χ0) is 23.4. The minimum Gasteiger partial charge on any atom is -0.451 e. The van der Waals surface area contributed by atoms with Gasteiger partial charge in [0, 0.05) is 17.7 Å². The van der Waals surface area contributed by atoms with Gasteiger partial charge >= 0.3 is 0 Å². The molecular formula is C32H25N2O+. The number of ether oxygens (including phenoxy) is 1. The van der Waals surface area contributed by atoms with Gasteiger partial charge in [-0.1, -0.05) is 84.9 Å². The molecule has 0 aliphatic carbocycles. The van der Waals surface area contributed by atoms with Crippen molar-refractivity contribution in [1.29, 1.82) is 0 Å². The molecule has 1 heterocycles. The molecule has 0 saturated heterocycles. The third-order valence-electron chi connectivity index (χ3n) is 7.11. The van der Waals surface area contributed by atoms with Gasteiger partial charge in [-0.2, -0.15) is 4.57 Å². The molecule has 0 bridgehead atoms. The van der Waals surface area contributed by atoms with Crippen molar-refractivity contribution in [2.45, 2.75) is 19.7 Å². The zero-order valence-electron chi connectivity index (χ0n) is 19.6. The fourth-order valence-electron chi connectivity index (χ4n) is 5.45. The molecule has 1 aromatic heterocycles. The molecule has 7 rings (SSSR count). The lowest BCUT2D eigenvalue weighted by Crippen LogP contribution is -2.33. The van der Waals surface area contributed by atoms with Crippen LogP contribution in [0.4, 0.5) is 0 Å². The molecule has 0 amide bonds. The summed E-state index contributed by atoms with van der Waals surface area (Å²) >= 11 is 0. The fraction of sp³-hybridized carbons (Fsp3) is 0.0938. The number of fused-ring (bicyclic) bond motifs is 1. The molecular weight excluding hydrogens is 428 g/mol. The first kappa shape index (κ1) is 20.0. The molecule has 35 heavy (non-hydrogen) atoms. The van der Waals surface area contributed by atoms with Crippen molar-refractivity contribution in [3.8, 4) is 5.75 Å². The predicted molar refractivity (Wildman–Crippen MR) is 143 cm³/mol. The second kappa shape index (κ2) is 7.85. The maximum absolute atomic E-state index is 6.68. The highest BCUT2D eigenvalue weighted by Crippen LogP contribution is 2.39. The minimum atomic E-state index is -0.171. The normalized spacial score (nSPS) is 12.7. The third-order valence-corrected chi connectivity index (χ3v) is 7.11. The second-order valence-corrected chi connectivity index (χ2v) is 9.26. The number of para-hydroxylation sites is 2. The van der Waals surface area contributed by atoms with Crippen LogP contribution >= 0.6 is 0 Å². The van der Waals surface area contributed by atoms with E-state index in [0.717, 1.165) is 23.2 Å². The minimum absolute atomic E-state index is 0.171. The first-order valence-corrected chi connectivity index (χ1v) is 12.1. The molecule has 0 aliphatic heterocycles. The van der Waals surface area contributed by atoms with Crippen LogP contribution in [0, 0.1) is 0 Å². The van der Waals surface area contributed by atoms with E-state index in [1.54, 1.807) is 0 Å². The molecule has 6 aromatic carbocycles. The van der Waals surface area contributed by atoms with Gasteiger partial charge in [-0.05, 0) is 51.4 Å². The number of nitrogens with zero attached hydrogens (tertiary/aromatic N) is 2. The van der Waals surface area contributed by atoms with Gasteiger partial charge in [0.2, 0.25) is 12.6 Å². The summed E-state index contributed by atoms with van der Waals surface area (Å²) in [5.74, 6) is 0.913. The number of hydrogen-bond donors (Lipinski definition) is 0. The van der Waals surface area contributed by atoms with E-state index in [4.69, 9.17) is 4.74 Å². The molecule has 0 radical (unpaired) electrons. The topological polar surface area (TPSA) is 18.0 Å². The Morgan fingerprint density at radius 3 is 2.20 bits per heavy atom. The SMILES string of the molecule is CC(Oc1ccc2ccc3cccc4ccc1c2c34)n1c[n+](Cc2ccccc2)c2ccccc21. The number of imidazole rings is 1. The number of benzene rings is 6. The van der Waals surface area contributed by atoms with E-state index in [-0.39, 0.29) is 6.23 Å². The van der Waals surface area contributed by atoms with Gasteiger partial charge in [0.1, 0.15) is 12.3 Å². The van der Waals surface area contributed by atoms with E-state index in [1.165, 1.54) is 38.0 Å². The van der Waals surface area contributed by atoms with Crippen LogP contribution in [-0.2, 0) is 6.54 Å². The summed E-state index contributed by atoms with van der Waals surface area (Å²) < 4.78 is 11.2. The summed E-state index contributed by atoms with van der Waals surface area (Å²) in [6, 6.07) is 38.8. The fourth-order valence-corrected chi connectivity index (χ4v) is 5.45. The summed E-state index contributed by atoms with van der Waals surface area (Å²) in [5.41, 5.74) is 3.64. The Morgan fingerprint density at radius 2 is 1.37 bits per heavy atom. The van der Waals surface area contributed by atoms with Gasteiger partial charge in [0.15, 0.2) is 11.0 Å². The van der Waals surface area contributed by atoms with Crippen molar-refractivity contribution >= 4 is 43.4 Å². The molecule has 168 valence electrons. The van der Waals surface area contributed by atoms with Crippen molar-refractivity contribution in [1.82, 2.24) is 4.57 Å². The van der Waals surface area contributed by atoms with E-state index in [1.807, 2.05) is 0 Å². The smallest absolute Gasteiger partial charge is 0.248 e. The van der Waals surface area contributed by atoms with Crippen LogP contribution in [0.3, 0.4) is 0 Å². The lowest BCUT2D eigenvalue weighted by molar-refractivity contribution is -0.663. The average molecular weight is 454 g/mol. The van der Waals surface area contributed by atoms with Crippen LogP contribution in [0.5, 0.6) is 5.75 Å². The van der Waals surface area contributed by atoms with E-state index in [0.29, 0.717) is 0 Å². The number of aromatic nitrogens is 2. The van der Waals surface area contributed by atoms with Crippen LogP contribution in [0.25, 0.3) is 43.4 Å². The summed E-state index contributed by atoms with van der Waals surface area (Å²) in [6.07, 6.45) is 2.01. The Morgan fingerprint density at radius 1 is 0.686 bits per heavy atom. The maximum Gasteiger partial charge on any atom is 0.248 e. The summed E-state index contributed by atoms with van der Waals surface area (Å²) in [6.45, 7) is 2.94. The Bertz CT molecular complexity index is 1800. The highest BCUT2D eigenvalue weighted by atomic mass is 16.5. The van der Waals surface area contributed by atoms with E-state index >= 15 is 0 Å². The van der Waals surface area contributed by atoms with Crippen molar-refractivity contribution in [2.24, 2.45) is 0 Å². The molecule has 1 atom stereocenters. The Balaban J connectivity index is 1.32. The first-order chi connectivity index (χ1) is 17.3. The first-order valence-electron chi connectivity index (χ1n) is 12.1. The molecule has 0 N–H and O–H groups in total. The average Bonchev–Trinajstić information content (AvgIpc) is 3.27. The molecule has 3 nitrogen and oxygen atoms in total. The Kier molecular flexibility index (Phi) is 4.49. The molecule has 0 aliphatic rings. The monoisotopic (exact) mass is 453 g/mol. The summed E-state index contributed by atoms with van der Waals surface area (Å²) in [5, 5.41) is 7.53. The van der Waals surface area contributed by atoms with Crippen LogP contribution < -0.4 is 9.30 Å². The Labute approximate surface area is 203 Å². The van der Waals surface area contributed by atoms with Crippen molar-refractivity contribution < 1.29 is 9.30 Å². The van der Waals surface area contributed by atoms with Crippen LogP contribution in [-0.4, -0.2) is 4.57 Å². The van der Waals surface area contributed by atoms with Gasteiger partial charge in [0.05, 0.1) is 0 Å².